The number of ether oxygens (including phenoxy) is 1. The molecule has 2 aliphatic carbocycles. The number of hydrogen-bond donors (Lipinski definition) is 1. The van der Waals surface area contributed by atoms with E-state index < -0.39 is 0 Å². The second-order valence-corrected chi connectivity index (χ2v) is 8.01. The van der Waals surface area contributed by atoms with Gasteiger partial charge in [-0.15, -0.1) is 0 Å². The molecular formula is C18H34N2O. The Labute approximate surface area is 130 Å². The maximum Gasteiger partial charge on any atom is 0.0670 e. The van der Waals surface area contributed by atoms with Gasteiger partial charge >= 0.3 is 0 Å². The van der Waals surface area contributed by atoms with Crippen molar-refractivity contribution >= 4 is 0 Å². The van der Waals surface area contributed by atoms with E-state index in [1.807, 2.05) is 7.11 Å². The van der Waals surface area contributed by atoms with Crippen molar-refractivity contribution in [1.82, 2.24) is 10.2 Å². The van der Waals surface area contributed by atoms with Crippen LogP contribution in [0.4, 0.5) is 0 Å². The summed E-state index contributed by atoms with van der Waals surface area (Å²) >= 11 is 0. The van der Waals surface area contributed by atoms with Crippen LogP contribution in [-0.4, -0.2) is 49.3 Å². The van der Waals surface area contributed by atoms with Crippen LogP contribution in [-0.2, 0) is 4.74 Å². The fourth-order valence-electron chi connectivity index (χ4n) is 4.64. The van der Waals surface area contributed by atoms with E-state index >= 15 is 0 Å². The summed E-state index contributed by atoms with van der Waals surface area (Å²) in [4.78, 5) is 2.78. The van der Waals surface area contributed by atoms with Gasteiger partial charge in [-0.05, 0) is 51.4 Å². The molecule has 0 aromatic carbocycles. The van der Waals surface area contributed by atoms with E-state index in [1.165, 1.54) is 58.0 Å². The molecule has 1 saturated heterocycles. The highest BCUT2D eigenvalue weighted by Gasteiger charge is 2.47. The maximum absolute atomic E-state index is 5.57. The molecule has 0 amide bonds. The van der Waals surface area contributed by atoms with Crippen molar-refractivity contribution in [3.05, 3.63) is 0 Å². The first-order valence-electron chi connectivity index (χ1n) is 9.14. The zero-order chi connectivity index (χ0) is 14.9. The predicted octanol–water partition coefficient (Wildman–Crippen LogP) is 3.04. The molecule has 0 radical (unpaired) electrons. The van der Waals surface area contributed by atoms with Crippen LogP contribution in [0.15, 0.2) is 0 Å². The van der Waals surface area contributed by atoms with Crippen molar-refractivity contribution in [2.45, 2.75) is 76.5 Å². The van der Waals surface area contributed by atoms with Crippen LogP contribution >= 0.6 is 0 Å². The molecular weight excluding hydrogens is 260 g/mol. The smallest absolute Gasteiger partial charge is 0.0670 e. The molecule has 0 bridgehead atoms. The summed E-state index contributed by atoms with van der Waals surface area (Å²) in [7, 11) is 1.85. The van der Waals surface area contributed by atoms with E-state index in [2.05, 4.69) is 24.1 Å². The number of hydrogen-bond acceptors (Lipinski definition) is 3. The first-order valence-corrected chi connectivity index (χ1v) is 9.14. The number of methoxy groups -OCH3 is 1. The van der Waals surface area contributed by atoms with Crippen LogP contribution in [0.25, 0.3) is 0 Å². The highest BCUT2D eigenvalue weighted by molar-refractivity contribution is 5.05. The molecule has 3 rings (SSSR count). The molecule has 0 aromatic rings. The van der Waals surface area contributed by atoms with E-state index in [-0.39, 0.29) is 0 Å². The van der Waals surface area contributed by atoms with Gasteiger partial charge in [-0.25, -0.2) is 0 Å². The zero-order valence-electron chi connectivity index (χ0n) is 14.2. The zero-order valence-corrected chi connectivity index (χ0v) is 14.2. The highest BCUT2D eigenvalue weighted by Crippen LogP contribution is 2.42. The minimum absolute atomic E-state index is 0.345. The third-order valence-electron chi connectivity index (χ3n) is 6.28. The molecule has 0 aromatic heterocycles. The topological polar surface area (TPSA) is 24.5 Å². The Bertz CT molecular complexity index is 338. The van der Waals surface area contributed by atoms with Gasteiger partial charge < -0.3 is 10.1 Å². The van der Waals surface area contributed by atoms with Crippen molar-refractivity contribution in [1.29, 1.82) is 0 Å². The molecule has 122 valence electrons. The van der Waals surface area contributed by atoms with Gasteiger partial charge in [0.15, 0.2) is 0 Å². The highest BCUT2D eigenvalue weighted by atomic mass is 16.5. The molecule has 3 fully saturated rings. The Balaban J connectivity index is 1.68. The van der Waals surface area contributed by atoms with Crippen molar-refractivity contribution in [3.63, 3.8) is 0 Å². The molecule has 3 nitrogen and oxygen atoms in total. The summed E-state index contributed by atoms with van der Waals surface area (Å²) in [6.07, 6.45) is 10.4. The normalized spacial score (nSPS) is 37.6. The molecule has 1 heterocycles. The van der Waals surface area contributed by atoms with E-state index in [9.17, 15) is 0 Å². The summed E-state index contributed by atoms with van der Waals surface area (Å²) in [6.45, 7) is 8.17. The third-order valence-corrected chi connectivity index (χ3v) is 6.28. The molecule has 1 aliphatic heterocycles. The monoisotopic (exact) mass is 294 g/mol. The van der Waals surface area contributed by atoms with Gasteiger partial charge in [-0.2, -0.15) is 0 Å². The minimum atomic E-state index is 0.345. The Morgan fingerprint density at radius 3 is 2.52 bits per heavy atom. The Kier molecular flexibility index (Phi) is 4.92. The van der Waals surface area contributed by atoms with E-state index in [4.69, 9.17) is 4.74 Å². The van der Waals surface area contributed by atoms with Gasteiger partial charge in [0.1, 0.15) is 0 Å². The second-order valence-electron chi connectivity index (χ2n) is 8.01. The third kappa shape index (κ3) is 3.62. The van der Waals surface area contributed by atoms with E-state index in [1.54, 1.807) is 0 Å². The van der Waals surface area contributed by atoms with Crippen LogP contribution in [0.1, 0.15) is 58.8 Å². The van der Waals surface area contributed by atoms with Gasteiger partial charge in [0, 0.05) is 38.3 Å². The summed E-state index contributed by atoms with van der Waals surface area (Å²) in [5, 5.41) is 3.94. The summed E-state index contributed by atoms with van der Waals surface area (Å²) < 4.78 is 5.57. The minimum Gasteiger partial charge on any atom is -0.380 e. The van der Waals surface area contributed by atoms with Gasteiger partial charge in [0.25, 0.3) is 0 Å². The van der Waals surface area contributed by atoms with E-state index in [0.29, 0.717) is 11.6 Å². The molecule has 3 unspecified atom stereocenters. The fraction of sp³-hybridized carbons (Fsp3) is 1.00. The number of piperazine rings is 1. The number of nitrogens with zero attached hydrogens (tertiary/aromatic N) is 1. The van der Waals surface area contributed by atoms with Crippen molar-refractivity contribution in [2.75, 3.05) is 26.7 Å². The molecule has 3 aliphatic rings. The van der Waals surface area contributed by atoms with Gasteiger partial charge in [-0.1, -0.05) is 19.3 Å². The molecule has 3 heteroatoms. The Morgan fingerprint density at radius 2 is 1.90 bits per heavy atom. The van der Waals surface area contributed by atoms with Crippen LogP contribution < -0.4 is 5.32 Å². The number of rotatable bonds is 5. The lowest BCUT2D eigenvalue weighted by Crippen LogP contribution is -2.66. The van der Waals surface area contributed by atoms with Crippen LogP contribution in [0, 0.1) is 11.8 Å². The summed E-state index contributed by atoms with van der Waals surface area (Å²) in [6, 6.07) is 0.731. The van der Waals surface area contributed by atoms with Gasteiger partial charge in [-0.3, -0.25) is 4.90 Å². The lowest BCUT2D eigenvalue weighted by atomic mass is 9.80. The Hall–Kier alpha value is -0.120. The average molecular weight is 294 g/mol. The van der Waals surface area contributed by atoms with Crippen LogP contribution in [0.2, 0.25) is 0 Å². The van der Waals surface area contributed by atoms with Crippen LogP contribution in [0.3, 0.4) is 0 Å². The Morgan fingerprint density at radius 1 is 1.19 bits per heavy atom. The maximum atomic E-state index is 5.57. The number of nitrogens with one attached hydrogen (secondary N) is 1. The first kappa shape index (κ1) is 15.8. The van der Waals surface area contributed by atoms with Gasteiger partial charge in [0.05, 0.1) is 6.10 Å². The van der Waals surface area contributed by atoms with Gasteiger partial charge in [0.2, 0.25) is 0 Å². The van der Waals surface area contributed by atoms with Crippen molar-refractivity contribution in [3.8, 4) is 0 Å². The summed E-state index contributed by atoms with van der Waals surface area (Å²) in [5.74, 6) is 1.81. The van der Waals surface area contributed by atoms with E-state index in [0.717, 1.165) is 24.4 Å². The van der Waals surface area contributed by atoms with Crippen LogP contribution in [0.5, 0.6) is 0 Å². The standard InChI is InChI=1S/C18H34N2O/c1-14(21-3)12-20-13-18(2,16-9-10-16)19-11-17(20)15-7-5-4-6-8-15/h14-17,19H,4-13H2,1-3H3. The van der Waals surface area contributed by atoms with Crippen molar-refractivity contribution in [2.24, 2.45) is 11.8 Å². The van der Waals surface area contributed by atoms with Crippen molar-refractivity contribution < 1.29 is 4.74 Å². The second kappa shape index (κ2) is 6.55. The quantitative estimate of drug-likeness (QED) is 0.843. The molecule has 2 saturated carbocycles. The lowest BCUT2D eigenvalue weighted by molar-refractivity contribution is -0.00524. The molecule has 21 heavy (non-hydrogen) atoms. The lowest BCUT2D eigenvalue weighted by Gasteiger charge is -2.50. The fourth-order valence-corrected chi connectivity index (χ4v) is 4.64. The SMILES string of the molecule is COC(C)CN1CC(C)(C2CC2)NCC1C1CCCCC1. The molecule has 1 N–H and O–H groups in total. The predicted molar refractivity (Wildman–Crippen MR) is 87.5 cm³/mol. The molecule has 0 spiro atoms. The average Bonchev–Trinajstić information content (AvgIpc) is 3.33. The largest absolute Gasteiger partial charge is 0.380 e. The molecule has 3 atom stereocenters. The first-order chi connectivity index (χ1) is 10.1. The summed E-state index contributed by atoms with van der Waals surface area (Å²) in [5.41, 5.74) is 0.346.